The van der Waals surface area contributed by atoms with E-state index >= 15 is 0 Å². The zero-order valence-electron chi connectivity index (χ0n) is 18.0. The van der Waals surface area contributed by atoms with Crippen molar-refractivity contribution in [3.05, 3.63) is 71.5 Å². The molecule has 5 heteroatoms. The van der Waals surface area contributed by atoms with Crippen molar-refractivity contribution in [3.63, 3.8) is 0 Å². The third-order valence-corrected chi connectivity index (χ3v) is 6.95. The Morgan fingerprint density at radius 3 is 2.58 bits per heavy atom. The first-order valence-electron chi connectivity index (χ1n) is 11.4. The first-order valence-corrected chi connectivity index (χ1v) is 11.4. The molecule has 1 N–H and O–H groups in total. The molecule has 2 fully saturated rings. The molecule has 166 valence electrons. The van der Waals surface area contributed by atoms with Crippen LogP contribution in [-0.4, -0.2) is 41.7 Å². The minimum atomic E-state index is -0.320. The van der Waals surface area contributed by atoms with E-state index in [1.54, 1.807) is 12.1 Å². The summed E-state index contributed by atoms with van der Waals surface area (Å²) in [7, 11) is 0. The van der Waals surface area contributed by atoms with Crippen molar-refractivity contribution in [1.82, 2.24) is 4.90 Å². The maximum Gasteiger partial charge on any atom is 0.323 e. The molecular formula is C26H32FNO3. The predicted octanol–water partition coefficient (Wildman–Crippen LogP) is 4.53. The number of ether oxygens (including phenoxy) is 1. The fourth-order valence-corrected chi connectivity index (χ4v) is 5.24. The normalized spacial score (nSPS) is 23.2. The Morgan fingerprint density at radius 2 is 1.87 bits per heavy atom. The molecule has 1 heterocycles. The van der Waals surface area contributed by atoms with Gasteiger partial charge in [-0.3, -0.25) is 9.69 Å². The van der Waals surface area contributed by atoms with Gasteiger partial charge in [0, 0.05) is 31.5 Å². The minimum absolute atomic E-state index is 0.00806. The number of esters is 1. The Morgan fingerprint density at radius 1 is 1.10 bits per heavy atom. The molecule has 2 aliphatic rings. The van der Waals surface area contributed by atoms with E-state index in [9.17, 15) is 14.3 Å². The molecule has 0 amide bonds. The summed E-state index contributed by atoms with van der Waals surface area (Å²) >= 11 is 0. The Labute approximate surface area is 184 Å². The molecule has 0 bridgehead atoms. The number of likely N-dealkylation sites (tertiary alicyclic amines) is 1. The van der Waals surface area contributed by atoms with E-state index in [4.69, 9.17) is 4.74 Å². The molecule has 2 aromatic carbocycles. The summed E-state index contributed by atoms with van der Waals surface area (Å²) in [6, 6.07) is 16.0. The van der Waals surface area contributed by atoms with Crippen LogP contribution in [0.5, 0.6) is 0 Å². The number of aliphatic hydroxyl groups excluding tert-OH is 1. The van der Waals surface area contributed by atoms with Crippen LogP contribution in [0.3, 0.4) is 0 Å². The first kappa shape index (κ1) is 22.0. The summed E-state index contributed by atoms with van der Waals surface area (Å²) in [5, 5.41) is 10.0. The van der Waals surface area contributed by atoms with E-state index in [0.717, 1.165) is 30.4 Å². The SMILES string of the molecule is O=C(OCc1ccccc1)[C@@H](CC1CCCC1)N1C[C@H](CO)[C@@H](c2cccc(F)c2)C1. The lowest BCUT2D eigenvalue weighted by molar-refractivity contribution is -0.152. The summed E-state index contributed by atoms with van der Waals surface area (Å²) in [6.07, 6.45) is 5.56. The van der Waals surface area contributed by atoms with Crippen molar-refractivity contribution < 1.29 is 19.0 Å². The van der Waals surface area contributed by atoms with Gasteiger partial charge in [0.15, 0.2) is 0 Å². The number of hydrogen-bond acceptors (Lipinski definition) is 4. The molecule has 4 nitrogen and oxygen atoms in total. The topological polar surface area (TPSA) is 49.8 Å². The molecular weight excluding hydrogens is 393 g/mol. The number of carbonyl (C=O) groups excluding carboxylic acids is 1. The molecule has 1 saturated heterocycles. The number of benzene rings is 2. The van der Waals surface area contributed by atoms with Crippen molar-refractivity contribution in [2.45, 2.75) is 50.7 Å². The lowest BCUT2D eigenvalue weighted by Gasteiger charge is -2.28. The second-order valence-corrected chi connectivity index (χ2v) is 9.05. The van der Waals surface area contributed by atoms with Crippen molar-refractivity contribution in [2.75, 3.05) is 19.7 Å². The average Bonchev–Trinajstić information content (AvgIpc) is 3.46. The molecule has 0 spiro atoms. The molecule has 2 aromatic rings. The van der Waals surface area contributed by atoms with E-state index < -0.39 is 0 Å². The Balaban J connectivity index is 1.49. The second-order valence-electron chi connectivity index (χ2n) is 9.05. The maximum atomic E-state index is 13.8. The molecule has 3 atom stereocenters. The van der Waals surface area contributed by atoms with E-state index in [0.29, 0.717) is 19.0 Å². The quantitative estimate of drug-likeness (QED) is 0.632. The first-order chi connectivity index (χ1) is 15.1. The highest BCUT2D eigenvalue weighted by Gasteiger charge is 2.40. The third kappa shape index (κ3) is 5.52. The van der Waals surface area contributed by atoms with Crippen molar-refractivity contribution in [2.24, 2.45) is 11.8 Å². The summed E-state index contributed by atoms with van der Waals surface area (Å²) in [5.41, 5.74) is 1.86. The van der Waals surface area contributed by atoms with Crippen LogP contribution in [-0.2, 0) is 16.1 Å². The monoisotopic (exact) mass is 425 g/mol. The highest BCUT2D eigenvalue weighted by Crippen LogP contribution is 2.37. The highest BCUT2D eigenvalue weighted by atomic mass is 19.1. The second kappa shape index (κ2) is 10.4. The largest absolute Gasteiger partial charge is 0.460 e. The molecule has 1 aliphatic heterocycles. The average molecular weight is 426 g/mol. The fourth-order valence-electron chi connectivity index (χ4n) is 5.24. The zero-order chi connectivity index (χ0) is 21.6. The summed E-state index contributed by atoms with van der Waals surface area (Å²) in [4.78, 5) is 15.4. The summed E-state index contributed by atoms with van der Waals surface area (Å²) in [5.74, 6) is 0.0725. The van der Waals surface area contributed by atoms with Gasteiger partial charge in [-0.2, -0.15) is 0 Å². The van der Waals surface area contributed by atoms with Crippen molar-refractivity contribution >= 4 is 5.97 Å². The van der Waals surface area contributed by atoms with Crippen LogP contribution in [0.4, 0.5) is 4.39 Å². The smallest absolute Gasteiger partial charge is 0.323 e. The van der Waals surface area contributed by atoms with E-state index in [2.05, 4.69) is 4.90 Å². The van der Waals surface area contributed by atoms with Crippen LogP contribution < -0.4 is 0 Å². The van der Waals surface area contributed by atoms with Crippen LogP contribution in [0.1, 0.15) is 49.1 Å². The van der Waals surface area contributed by atoms with Gasteiger partial charge in [-0.05, 0) is 35.6 Å². The Kier molecular flexibility index (Phi) is 7.36. The van der Waals surface area contributed by atoms with Gasteiger partial charge in [-0.1, -0.05) is 68.1 Å². The fraction of sp³-hybridized carbons (Fsp3) is 0.500. The van der Waals surface area contributed by atoms with Gasteiger partial charge in [-0.25, -0.2) is 4.39 Å². The molecule has 4 rings (SSSR count). The molecule has 31 heavy (non-hydrogen) atoms. The van der Waals surface area contributed by atoms with E-state index in [1.165, 1.54) is 18.9 Å². The van der Waals surface area contributed by atoms with Crippen LogP contribution in [0.15, 0.2) is 54.6 Å². The van der Waals surface area contributed by atoms with Gasteiger partial charge >= 0.3 is 5.97 Å². The van der Waals surface area contributed by atoms with Crippen molar-refractivity contribution in [1.29, 1.82) is 0 Å². The Bertz CT molecular complexity index is 853. The van der Waals surface area contributed by atoms with Gasteiger partial charge in [0.05, 0.1) is 0 Å². The van der Waals surface area contributed by atoms with Crippen LogP contribution in [0.2, 0.25) is 0 Å². The van der Waals surface area contributed by atoms with Crippen LogP contribution in [0.25, 0.3) is 0 Å². The third-order valence-electron chi connectivity index (χ3n) is 6.95. The molecule has 1 aliphatic carbocycles. The zero-order valence-corrected chi connectivity index (χ0v) is 18.0. The molecule has 0 unspecified atom stereocenters. The van der Waals surface area contributed by atoms with Gasteiger partial charge in [-0.15, -0.1) is 0 Å². The van der Waals surface area contributed by atoms with Gasteiger partial charge < -0.3 is 9.84 Å². The summed E-state index contributed by atoms with van der Waals surface area (Å²) in [6.45, 7) is 1.54. The number of halogens is 1. The van der Waals surface area contributed by atoms with Crippen LogP contribution in [0, 0.1) is 17.7 Å². The van der Waals surface area contributed by atoms with E-state index in [-0.39, 0.29) is 42.9 Å². The number of rotatable bonds is 8. The summed E-state index contributed by atoms with van der Waals surface area (Å²) < 4.78 is 19.6. The van der Waals surface area contributed by atoms with Crippen molar-refractivity contribution in [3.8, 4) is 0 Å². The lowest BCUT2D eigenvalue weighted by atomic mass is 9.89. The lowest BCUT2D eigenvalue weighted by Crippen LogP contribution is -2.42. The predicted molar refractivity (Wildman–Crippen MR) is 118 cm³/mol. The minimum Gasteiger partial charge on any atom is -0.460 e. The molecule has 0 aromatic heterocycles. The highest BCUT2D eigenvalue weighted by molar-refractivity contribution is 5.76. The van der Waals surface area contributed by atoms with Gasteiger partial charge in [0.1, 0.15) is 18.5 Å². The number of carbonyl (C=O) groups is 1. The number of aliphatic hydroxyl groups is 1. The van der Waals surface area contributed by atoms with Gasteiger partial charge in [0.25, 0.3) is 0 Å². The van der Waals surface area contributed by atoms with Gasteiger partial charge in [0.2, 0.25) is 0 Å². The standard InChI is InChI=1S/C26H32FNO3/c27-23-12-6-11-21(14-23)24-16-28(15-22(24)17-29)25(13-19-7-4-5-8-19)26(30)31-18-20-9-2-1-3-10-20/h1-3,6,9-12,14,19,22,24-25,29H,4-5,7-8,13,15-18H2/t22-,24-,25-/m1/s1. The maximum absolute atomic E-state index is 13.8. The molecule has 0 radical (unpaired) electrons. The molecule has 1 saturated carbocycles. The van der Waals surface area contributed by atoms with E-state index in [1.807, 2.05) is 36.4 Å². The Hall–Kier alpha value is -2.24. The number of hydrogen-bond donors (Lipinski definition) is 1. The number of nitrogens with zero attached hydrogens (tertiary/aromatic N) is 1. The van der Waals surface area contributed by atoms with Crippen LogP contribution >= 0.6 is 0 Å².